The highest BCUT2D eigenvalue weighted by molar-refractivity contribution is 6.03. The van der Waals surface area contributed by atoms with E-state index < -0.39 is 0 Å². The summed E-state index contributed by atoms with van der Waals surface area (Å²) in [7, 11) is 0. The third-order valence-corrected chi connectivity index (χ3v) is 2.79. The zero-order chi connectivity index (χ0) is 14.5. The lowest BCUT2D eigenvalue weighted by molar-refractivity contribution is 0.102. The van der Waals surface area contributed by atoms with E-state index in [1.807, 2.05) is 13.8 Å². The van der Waals surface area contributed by atoms with Gasteiger partial charge in [-0.1, -0.05) is 6.92 Å². The quantitative estimate of drug-likeness (QED) is 0.773. The van der Waals surface area contributed by atoms with Crippen LogP contribution in [0.5, 0.6) is 0 Å². The van der Waals surface area contributed by atoms with Gasteiger partial charge < -0.3 is 10.6 Å². The highest BCUT2D eigenvalue weighted by Crippen LogP contribution is 2.16. The molecule has 2 aromatic rings. The second-order valence-electron chi connectivity index (χ2n) is 4.48. The van der Waals surface area contributed by atoms with Crippen LogP contribution < -0.4 is 10.6 Å². The van der Waals surface area contributed by atoms with Gasteiger partial charge in [-0.05, 0) is 20.3 Å². The number of hydrogen-bond donors (Lipinski definition) is 3. The molecule has 20 heavy (non-hydrogen) atoms. The predicted molar refractivity (Wildman–Crippen MR) is 76.8 cm³/mol. The molecule has 0 fully saturated rings. The van der Waals surface area contributed by atoms with Gasteiger partial charge >= 0.3 is 0 Å². The summed E-state index contributed by atoms with van der Waals surface area (Å²) >= 11 is 0. The van der Waals surface area contributed by atoms with E-state index in [9.17, 15) is 4.79 Å². The first-order chi connectivity index (χ1) is 9.61. The van der Waals surface area contributed by atoms with Crippen molar-refractivity contribution in [1.82, 2.24) is 20.2 Å². The SMILES string of the molecule is CCCNc1cncc(C(=O)Nc2c(C)n[nH]c2C)n1. The first-order valence-corrected chi connectivity index (χ1v) is 6.50. The zero-order valence-corrected chi connectivity index (χ0v) is 11.8. The van der Waals surface area contributed by atoms with Gasteiger partial charge in [-0.25, -0.2) is 4.98 Å². The fraction of sp³-hybridized carbons (Fsp3) is 0.385. The van der Waals surface area contributed by atoms with E-state index >= 15 is 0 Å². The number of rotatable bonds is 5. The van der Waals surface area contributed by atoms with Crippen molar-refractivity contribution < 1.29 is 4.79 Å². The van der Waals surface area contributed by atoms with Crippen LogP contribution in [-0.4, -0.2) is 32.6 Å². The number of nitrogens with zero attached hydrogens (tertiary/aromatic N) is 3. The van der Waals surface area contributed by atoms with Gasteiger partial charge in [-0.15, -0.1) is 0 Å². The van der Waals surface area contributed by atoms with E-state index in [2.05, 4.69) is 37.7 Å². The number of carbonyl (C=O) groups excluding carboxylic acids is 1. The Morgan fingerprint density at radius 1 is 1.35 bits per heavy atom. The van der Waals surface area contributed by atoms with Crippen molar-refractivity contribution in [3.05, 3.63) is 29.5 Å². The van der Waals surface area contributed by atoms with Crippen LogP contribution in [0.2, 0.25) is 0 Å². The Morgan fingerprint density at radius 3 is 2.80 bits per heavy atom. The van der Waals surface area contributed by atoms with Gasteiger partial charge in [0.1, 0.15) is 11.5 Å². The number of hydrogen-bond acceptors (Lipinski definition) is 5. The van der Waals surface area contributed by atoms with Crippen LogP contribution in [0.4, 0.5) is 11.5 Å². The molecule has 0 unspecified atom stereocenters. The Kier molecular flexibility index (Phi) is 4.29. The van der Waals surface area contributed by atoms with E-state index in [0.717, 1.165) is 24.4 Å². The number of aromatic amines is 1. The van der Waals surface area contributed by atoms with Crippen molar-refractivity contribution in [2.24, 2.45) is 0 Å². The molecule has 2 aromatic heterocycles. The van der Waals surface area contributed by atoms with Crippen LogP contribution in [0.1, 0.15) is 35.2 Å². The molecule has 1 amide bonds. The minimum absolute atomic E-state index is 0.270. The Labute approximate surface area is 117 Å². The summed E-state index contributed by atoms with van der Waals surface area (Å²) in [6.45, 7) is 6.52. The third kappa shape index (κ3) is 3.11. The molecule has 106 valence electrons. The van der Waals surface area contributed by atoms with Gasteiger partial charge in [0.05, 0.1) is 29.5 Å². The fourth-order valence-corrected chi connectivity index (χ4v) is 1.73. The molecule has 0 saturated heterocycles. The lowest BCUT2D eigenvalue weighted by Gasteiger charge is -2.07. The van der Waals surface area contributed by atoms with E-state index in [1.165, 1.54) is 6.20 Å². The smallest absolute Gasteiger partial charge is 0.276 e. The average Bonchev–Trinajstić information content (AvgIpc) is 2.77. The Hall–Kier alpha value is -2.44. The highest BCUT2D eigenvalue weighted by atomic mass is 16.1. The monoisotopic (exact) mass is 274 g/mol. The van der Waals surface area contributed by atoms with Crippen LogP contribution in [0, 0.1) is 13.8 Å². The third-order valence-electron chi connectivity index (χ3n) is 2.79. The highest BCUT2D eigenvalue weighted by Gasteiger charge is 2.13. The number of anilines is 2. The van der Waals surface area contributed by atoms with Crippen molar-refractivity contribution in [2.75, 3.05) is 17.2 Å². The molecule has 0 bridgehead atoms. The molecule has 0 radical (unpaired) electrons. The van der Waals surface area contributed by atoms with Crippen LogP contribution in [0.25, 0.3) is 0 Å². The molecule has 0 aliphatic carbocycles. The van der Waals surface area contributed by atoms with Crippen LogP contribution >= 0.6 is 0 Å². The molecule has 0 aliphatic heterocycles. The van der Waals surface area contributed by atoms with Crippen molar-refractivity contribution >= 4 is 17.4 Å². The molecule has 7 heteroatoms. The van der Waals surface area contributed by atoms with Crippen molar-refractivity contribution in [2.45, 2.75) is 27.2 Å². The van der Waals surface area contributed by atoms with Gasteiger partial charge in [0, 0.05) is 6.54 Å². The number of aromatic nitrogens is 4. The number of H-pyrrole nitrogens is 1. The van der Waals surface area contributed by atoms with Gasteiger partial charge in [0.15, 0.2) is 0 Å². The normalized spacial score (nSPS) is 10.3. The lowest BCUT2D eigenvalue weighted by Crippen LogP contribution is -2.16. The molecule has 0 saturated carbocycles. The molecule has 7 nitrogen and oxygen atoms in total. The lowest BCUT2D eigenvalue weighted by atomic mass is 10.3. The van der Waals surface area contributed by atoms with Crippen molar-refractivity contribution in [3.8, 4) is 0 Å². The summed E-state index contributed by atoms with van der Waals surface area (Å²) in [5, 5.41) is 12.7. The van der Waals surface area contributed by atoms with E-state index in [4.69, 9.17) is 0 Å². The molecule has 2 rings (SSSR count). The Balaban J connectivity index is 2.13. The second-order valence-corrected chi connectivity index (χ2v) is 4.48. The minimum atomic E-state index is -0.301. The first-order valence-electron chi connectivity index (χ1n) is 6.50. The predicted octanol–water partition coefficient (Wildman–Crippen LogP) is 1.89. The summed E-state index contributed by atoms with van der Waals surface area (Å²) in [6, 6.07) is 0. The summed E-state index contributed by atoms with van der Waals surface area (Å²) in [4.78, 5) is 20.4. The second kappa shape index (κ2) is 6.14. The summed E-state index contributed by atoms with van der Waals surface area (Å²) in [6.07, 6.45) is 4.02. The molecular weight excluding hydrogens is 256 g/mol. The minimum Gasteiger partial charge on any atom is -0.369 e. The molecule has 0 aromatic carbocycles. The maximum Gasteiger partial charge on any atom is 0.276 e. The van der Waals surface area contributed by atoms with E-state index in [-0.39, 0.29) is 11.6 Å². The summed E-state index contributed by atoms with van der Waals surface area (Å²) in [5.74, 6) is 0.297. The molecule has 3 N–H and O–H groups in total. The van der Waals surface area contributed by atoms with Gasteiger partial charge in [-0.2, -0.15) is 5.10 Å². The first kappa shape index (κ1) is 14.0. The van der Waals surface area contributed by atoms with E-state index in [0.29, 0.717) is 11.5 Å². The number of amides is 1. The molecule has 2 heterocycles. The molecular formula is C13H18N6O. The van der Waals surface area contributed by atoms with E-state index in [1.54, 1.807) is 6.20 Å². The van der Waals surface area contributed by atoms with Gasteiger partial charge in [0.25, 0.3) is 5.91 Å². The Morgan fingerprint density at radius 2 is 2.15 bits per heavy atom. The maximum atomic E-state index is 12.2. The number of nitrogens with one attached hydrogen (secondary N) is 3. The zero-order valence-electron chi connectivity index (χ0n) is 11.8. The van der Waals surface area contributed by atoms with Crippen molar-refractivity contribution in [1.29, 1.82) is 0 Å². The number of carbonyl (C=O) groups is 1. The maximum absolute atomic E-state index is 12.2. The fourth-order valence-electron chi connectivity index (χ4n) is 1.73. The van der Waals surface area contributed by atoms with Gasteiger partial charge in [0.2, 0.25) is 0 Å². The van der Waals surface area contributed by atoms with Crippen LogP contribution in [0.15, 0.2) is 12.4 Å². The molecule has 0 spiro atoms. The number of aryl methyl sites for hydroxylation is 2. The van der Waals surface area contributed by atoms with Crippen LogP contribution in [0.3, 0.4) is 0 Å². The summed E-state index contributed by atoms with van der Waals surface area (Å²) < 4.78 is 0. The average molecular weight is 274 g/mol. The molecule has 0 atom stereocenters. The topological polar surface area (TPSA) is 95.6 Å². The standard InChI is InChI=1S/C13H18N6O/c1-4-5-15-11-7-14-6-10(16-11)13(20)17-12-8(2)18-19-9(12)3/h6-7H,4-5H2,1-3H3,(H,15,16)(H,17,20)(H,18,19). The van der Waals surface area contributed by atoms with Crippen LogP contribution in [-0.2, 0) is 0 Å². The largest absolute Gasteiger partial charge is 0.369 e. The van der Waals surface area contributed by atoms with Crippen molar-refractivity contribution in [3.63, 3.8) is 0 Å². The van der Waals surface area contributed by atoms with Gasteiger partial charge in [-0.3, -0.25) is 14.9 Å². The Bertz CT molecular complexity index is 587. The summed E-state index contributed by atoms with van der Waals surface area (Å²) in [5.41, 5.74) is 2.50. The molecule has 0 aliphatic rings.